The van der Waals surface area contributed by atoms with E-state index in [9.17, 15) is 5.11 Å². The molecular formula is C19H31NO. The third-order valence-electron chi connectivity index (χ3n) is 4.57. The molecule has 1 unspecified atom stereocenters. The lowest BCUT2D eigenvalue weighted by Crippen LogP contribution is -2.02. The van der Waals surface area contributed by atoms with Gasteiger partial charge in [-0.25, -0.2) is 0 Å². The summed E-state index contributed by atoms with van der Waals surface area (Å²) >= 11 is 0. The van der Waals surface area contributed by atoms with Crippen LogP contribution >= 0.6 is 0 Å². The molecule has 1 aliphatic rings. The standard InChI is InChI=1S/C19H31NO/c1-2-3-4-5-6-7-8-9-13-18(21)17-12-10-11-16-14-15-20-19(16)17/h10-12,18,20-21H,2-9,13-15H2,1H3. The predicted molar refractivity (Wildman–Crippen MR) is 90.8 cm³/mol. The molecule has 1 aromatic carbocycles. The molecule has 2 N–H and O–H groups in total. The number of fused-ring (bicyclic) bond motifs is 1. The van der Waals surface area contributed by atoms with E-state index in [0.29, 0.717) is 0 Å². The summed E-state index contributed by atoms with van der Waals surface area (Å²) in [5, 5.41) is 13.8. The van der Waals surface area contributed by atoms with Crippen LogP contribution in [0.2, 0.25) is 0 Å². The van der Waals surface area contributed by atoms with Crippen LogP contribution in [0.4, 0.5) is 5.69 Å². The smallest absolute Gasteiger partial charge is 0.0810 e. The second-order valence-electron chi connectivity index (χ2n) is 6.34. The molecule has 21 heavy (non-hydrogen) atoms. The van der Waals surface area contributed by atoms with Crippen LogP contribution < -0.4 is 5.32 Å². The molecule has 0 aromatic heterocycles. The predicted octanol–water partition coefficient (Wildman–Crippen LogP) is 5.22. The van der Waals surface area contributed by atoms with Crippen LogP contribution in [0.5, 0.6) is 0 Å². The minimum Gasteiger partial charge on any atom is -0.388 e. The molecule has 2 heteroatoms. The fourth-order valence-electron chi connectivity index (χ4n) is 3.27. The average Bonchev–Trinajstić information content (AvgIpc) is 2.98. The first-order valence-electron chi connectivity index (χ1n) is 8.86. The second-order valence-corrected chi connectivity index (χ2v) is 6.34. The normalized spacial score (nSPS) is 14.8. The highest BCUT2D eigenvalue weighted by Crippen LogP contribution is 2.32. The minimum absolute atomic E-state index is 0.300. The molecular weight excluding hydrogens is 258 g/mol. The Labute approximate surface area is 130 Å². The van der Waals surface area contributed by atoms with Crippen molar-refractivity contribution in [2.45, 2.75) is 77.2 Å². The van der Waals surface area contributed by atoms with Crippen molar-refractivity contribution in [1.29, 1.82) is 0 Å². The number of benzene rings is 1. The van der Waals surface area contributed by atoms with Gasteiger partial charge in [0.1, 0.15) is 0 Å². The number of hydrogen-bond acceptors (Lipinski definition) is 2. The quantitative estimate of drug-likeness (QED) is 0.579. The highest BCUT2D eigenvalue weighted by atomic mass is 16.3. The Morgan fingerprint density at radius 1 is 1.05 bits per heavy atom. The van der Waals surface area contributed by atoms with Crippen molar-refractivity contribution < 1.29 is 5.11 Å². The van der Waals surface area contributed by atoms with Crippen LogP contribution in [0.1, 0.15) is 81.9 Å². The van der Waals surface area contributed by atoms with Crippen molar-refractivity contribution in [3.63, 3.8) is 0 Å². The van der Waals surface area contributed by atoms with E-state index in [2.05, 4.69) is 30.4 Å². The van der Waals surface area contributed by atoms with Crippen LogP contribution in [-0.2, 0) is 6.42 Å². The summed E-state index contributed by atoms with van der Waals surface area (Å²) in [4.78, 5) is 0. The lowest BCUT2D eigenvalue weighted by molar-refractivity contribution is 0.164. The zero-order valence-corrected chi connectivity index (χ0v) is 13.5. The van der Waals surface area contributed by atoms with Crippen LogP contribution in [0.3, 0.4) is 0 Å². The molecule has 0 spiro atoms. The van der Waals surface area contributed by atoms with Crippen LogP contribution in [0, 0.1) is 0 Å². The van der Waals surface area contributed by atoms with Gasteiger partial charge in [0, 0.05) is 17.8 Å². The van der Waals surface area contributed by atoms with Crippen molar-refractivity contribution in [2.24, 2.45) is 0 Å². The maximum absolute atomic E-state index is 10.4. The lowest BCUT2D eigenvalue weighted by Gasteiger charge is -2.15. The van der Waals surface area contributed by atoms with Gasteiger partial charge in [0.15, 0.2) is 0 Å². The largest absolute Gasteiger partial charge is 0.388 e. The number of para-hydroxylation sites is 1. The second kappa shape index (κ2) is 9.09. The number of nitrogens with one attached hydrogen (secondary N) is 1. The first-order valence-corrected chi connectivity index (χ1v) is 8.86. The van der Waals surface area contributed by atoms with Gasteiger partial charge >= 0.3 is 0 Å². The minimum atomic E-state index is -0.300. The van der Waals surface area contributed by atoms with E-state index in [1.54, 1.807) is 0 Å². The monoisotopic (exact) mass is 289 g/mol. The van der Waals surface area contributed by atoms with E-state index in [1.165, 1.54) is 56.2 Å². The van der Waals surface area contributed by atoms with Gasteiger partial charge in [0.25, 0.3) is 0 Å². The van der Waals surface area contributed by atoms with E-state index in [0.717, 1.165) is 31.4 Å². The summed E-state index contributed by atoms with van der Waals surface area (Å²) in [6, 6.07) is 6.33. The summed E-state index contributed by atoms with van der Waals surface area (Å²) in [6.45, 7) is 3.27. The SMILES string of the molecule is CCCCCCCCCCC(O)c1cccc2c1NCC2. The first kappa shape index (κ1) is 16.4. The maximum atomic E-state index is 10.4. The molecule has 0 saturated carbocycles. The van der Waals surface area contributed by atoms with Crippen molar-refractivity contribution in [1.82, 2.24) is 0 Å². The van der Waals surface area contributed by atoms with E-state index in [1.807, 2.05) is 0 Å². The molecule has 0 amide bonds. The summed E-state index contributed by atoms with van der Waals surface area (Å²) < 4.78 is 0. The Morgan fingerprint density at radius 2 is 1.76 bits per heavy atom. The Kier molecular flexibility index (Phi) is 7.08. The third-order valence-corrected chi connectivity index (χ3v) is 4.57. The zero-order valence-electron chi connectivity index (χ0n) is 13.5. The Balaban J connectivity index is 1.64. The van der Waals surface area contributed by atoms with Gasteiger partial charge in [-0.15, -0.1) is 0 Å². The molecule has 1 aromatic rings. The number of rotatable bonds is 10. The number of hydrogen-bond donors (Lipinski definition) is 2. The fraction of sp³-hybridized carbons (Fsp3) is 0.684. The fourth-order valence-corrected chi connectivity index (χ4v) is 3.27. The Hall–Kier alpha value is -1.02. The first-order chi connectivity index (χ1) is 10.3. The van der Waals surface area contributed by atoms with E-state index in [-0.39, 0.29) is 6.10 Å². The van der Waals surface area contributed by atoms with Crippen molar-refractivity contribution >= 4 is 5.69 Å². The molecule has 118 valence electrons. The van der Waals surface area contributed by atoms with Gasteiger partial charge < -0.3 is 10.4 Å². The van der Waals surface area contributed by atoms with Crippen LogP contribution in [0.25, 0.3) is 0 Å². The number of aliphatic hydroxyl groups is 1. The van der Waals surface area contributed by atoms with Crippen molar-refractivity contribution in [2.75, 3.05) is 11.9 Å². The summed E-state index contributed by atoms with van der Waals surface area (Å²) in [5.74, 6) is 0. The molecule has 2 rings (SSSR count). The van der Waals surface area contributed by atoms with Crippen LogP contribution in [0.15, 0.2) is 18.2 Å². The average molecular weight is 289 g/mol. The zero-order chi connectivity index (χ0) is 14.9. The molecule has 1 aliphatic heterocycles. The van der Waals surface area contributed by atoms with E-state index in [4.69, 9.17) is 0 Å². The third kappa shape index (κ3) is 5.03. The van der Waals surface area contributed by atoms with E-state index >= 15 is 0 Å². The summed E-state index contributed by atoms with van der Waals surface area (Å²) in [5.41, 5.74) is 3.67. The molecule has 0 radical (unpaired) electrons. The molecule has 0 aliphatic carbocycles. The molecule has 2 nitrogen and oxygen atoms in total. The number of aliphatic hydroxyl groups excluding tert-OH is 1. The highest BCUT2D eigenvalue weighted by molar-refractivity contribution is 5.61. The van der Waals surface area contributed by atoms with Gasteiger partial charge in [0.05, 0.1) is 6.10 Å². The lowest BCUT2D eigenvalue weighted by atomic mass is 9.98. The number of unbranched alkanes of at least 4 members (excludes halogenated alkanes) is 7. The van der Waals surface area contributed by atoms with Crippen LogP contribution in [-0.4, -0.2) is 11.7 Å². The maximum Gasteiger partial charge on any atom is 0.0810 e. The molecule has 0 fully saturated rings. The van der Waals surface area contributed by atoms with Gasteiger partial charge in [-0.2, -0.15) is 0 Å². The van der Waals surface area contributed by atoms with Gasteiger partial charge in [-0.1, -0.05) is 76.5 Å². The highest BCUT2D eigenvalue weighted by Gasteiger charge is 2.18. The van der Waals surface area contributed by atoms with Gasteiger partial charge in [-0.05, 0) is 18.4 Å². The topological polar surface area (TPSA) is 32.3 Å². The van der Waals surface area contributed by atoms with Gasteiger partial charge in [0.2, 0.25) is 0 Å². The van der Waals surface area contributed by atoms with Crippen molar-refractivity contribution in [3.8, 4) is 0 Å². The van der Waals surface area contributed by atoms with E-state index < -0.39 is 0 Å². The summed E-state index contributed by atoms with van der Waals surface area (Å²) in [7, 11) is 0. The van der Waals surface area contributed by atoms with Gasteiger partial charge in [-0.3, -0.25) is 0 Å². The Morgan fingerprint density at radius 3 is 2.52 bits per heavy atom. The van der Waals surface area contributed by atoms with Crippen molar-refractivity contribution in [3.05, 3.63) is 29.3 Å². The molecule has 1 atom stereocenters. The Bertz CT molecular complexity index is 416. The summed E-state index contributed by atoms with van der Waals surface area (Å²) in [6.07, 6.45) is 12.2. The molecule has 0 bridgehead atoms. The molecule has 1 heterocycles. The molecule has 0 saturated heterocycles. The number of anilines is 1.